The lowest BCUT2D eigenvalue weighted by Crippen LogP contribution is -2.39. The maximum atomic E-state index is 11.6. The molecule has 0 heterocycles. The molecule has 0 aliphatic heterocycles. The van der Waals surface area contributed by atoms with Crippen LogP contribution in [0.15, 0.2) is 0 Å². The van der Waals surface area contributed by atoms with Crippen LogP contribution in [0.25, 0.3) is 0 Å². The van der Waals surface area contributed by atoms with Gasteiger partial charge >= 0.3 is 5.97 Å². The summed E-state index contributed by atoms with van der Waals surface area (Å²) in [5.41, 5.74) is 0. The van der Waals surface area contributed by atoms with Gasteiger partial charge in [0.1, 0.15) is 0 Å². The van der Waals surface area contributed by atoms with E-state index >= 15 is 0 Å². The van der Waals surface area contributed by atoms with Gasteiger partial charge in [-0.05, 0) is 12.8 Å². The normalized spacial score (nSPS) is 25.6. The van der Waals surface area contributed by atoms with Crippen LogP contribution in [0.1, 0.15) is 25.7 Å². The Morgan fingerprint density at radius 3 is 2.69 bits per heavy atom. The minimum atomic E-state index is -3.38. The first-order chi connectivity index (χ1) is 7.44. The van der Waals surface area contributed by atoms with Crippen LogP contribution in [0.5, 0.6) is 0 Å². The van der Waals surface area contributed by atoms with E-state index in [0.29, 0.717) is 0 Å². The number of sulfonamides is 1. The predicted molar refractivity (Wildman–Crippen MR) is 63.9 cm³/mol. The number of halogens is 1. The largest absolute Gasteiger partial charge is 0.469 e. The molecule has 0 saturated heterocycles. The molecule has 0 aromatic rings. The topological polar surface area (TPSA) is 72.5 Å². The fourth-order valence-electron chi connectivity index (χ4n) is 1.66. The summed E-state index contributed by atoms with van der Waals surface area (Å²) in [7, 11) is -2.14. The van der Waals surface area contributed by atoms with Crippen molar-refractivity contribution in [3.8, 4) is 0 Å². The maximum absolute atomic E-state index is 11.6. The lowest BCUT2D eigenvalue weighted by Gasteiger charge is -2.15. The average Bonchev–Trinajstić information content (AvgIpc) is 2.60. The van der Waals surface area contributed by atoms with Gasteiger partial charge in [-0.25, -0.2) is 13.1 Å². The van der Waals surface area contributed by atoms with Crippen LogP contribution in [0.2, 0.25) is 0 Å². The molecule has 94 valence electrons. The molecule has 0 aromatic carbocycles. The van der Waals surface area contributed by atoms with E-state index in [1.807, 2.05) is 0 Å². The number of alkyl halides is 1. The summed E-state index contributed by atoms with van der Waals surface area (Å²) >= 11 is 3.43. The molecule has 2 atom stereocenters. The van der Waals surface area contributed by atoms with Gasteiger partial charge in [0.15, 0.2) is 0 Å². The molecule has 0 radical (unpaired) electrons. The van der Waals surface area contributed by atoms with Gasteiger partial charge in [0.05, 0.1) is 19.3 Å². The van der Waals surface area contributed by atoms with Crippen molar-refractivity contribution in [2.24, 2.45) is 0 Å². The summed E-state index contributed by atoms with van der Waals surface area (Å²) in [6.07, 6.45) is 2.73. The third kappa shape index (κ3) is 4.39. The molecule has 1 fully saturated rings. The summed E-state index contributed by atoms with van der Waals surface area (Å²) < 4.78 is 30.2. The zero-order chi connectivity index (χ0) is 12.2. The molecule has 0 aromatic heterocycles. The summed E-state index contributed by atoms with van der Waals surface area (Å²) in [4.78, 5) is 11.0. The van der Waals surface area contributed by atoms with Crippen molar-refractivity contribution >= 4 is 31.9 Å². The van der Waals surface area contributed by atoms with Crippen LogP contribution in [0.3, 0.4) is 0 Å². The SMILES string of the molecule is COC(=O)CCS(=O)(=O)NC1CCCC1Br. The lowest BCUT2D eigenvalue weighted by atomic mass is 10.3. The van der Waals surface area contributed by atoms with Crippen LogP contribution in [0.4, 0.5) is 0 Å². The summed E-state index contributed by atoms with van der Waals surface area (Å²) in [5.74, 6) is -0.720. The molecule has 1 aliphatic carbocycles. The Bertz CT molecular complexity index is 343. The van der Waals surface area contributed by atoms with Gasteiger partial charge in [0.2, 0.25) is 10.0 Å². The molecule has 1 saturated carbocycles. The molecule has 1 rings (SSSR count). The average molecular weight is 314 g/mol. The summed E-state index contributed by atoms with van der Waals surface area (Å²) in [6, 6.07) is -0.0531. The van der Waals surface area contributed by atoms with Gasteiger partial charge in [-0.15, -0.1) is 0 Å². The van der Waals surface area contributed by atoms with E-state index in [4.69, 9.17) is 0 Å². The second kappa shape index (κ2) is 5.97. The van der Waals surface area contributed by atoms with Crippen molar-refractivity contribution in [1.29, 1.82) is 0 Å². The molecule has 1 N–H and O–H groups in total. The molecular weight excluding hydrogens is 298 g/mol. The van der Waals surface area contributed by atoms with E-state index in [-0.39, 0.29) is 23.0 Å². The van der Waals surface area contributed by atoms with Crippen LogP contribution in [-0.2, 0) is 19.6 Å². The molecule has 7 heteroatoms. The number of rotatable bonds is 5. The van der Waals surface area contributed by atoms with Crippen molar-refractivity contribution in [2.45, 2.75) is 36.6 Å². The predicted octanol–water partition coefficient (Wildman–Crippen LogP) is 0.785. The minimum absolute atomic E-state index is 0.0531. The quantitative estimate of drug-likeness (QED) is 0.601. The number of nitrogens with one attached hydrogen (secondary N) is 1. The van der Waals surface area contributed by atoms with E-state index in [2.05, 4.69) is 25.4 Å². The van der Waals surface area contributed by atoms with Crippen molar-refractivity contribution < 1.29 is 17.9 Å². The van der Waals surface area contributed by atoms with Gasteiger partial charge in [0.25, 0.3) is 0 Å². The van der Waals surface area contributed by atoms with Crippen LogP contribution in [-0.4, -0.2) is 38.1 Å². The Labute approximate surface area is 104 Å². The Morgan fingerprint density at radius 2 is 2.19 bits per heavy atom. The zero-order valence-corrected chi connectivity index (χ0v) is 11.5. The molecule has 16 heavy (non-hydrogen) atoms. The lowest BCUT2D eigenvalue weighted by molar-refractivity contribution is -0.140. The van der Waals surface area contributed by atoms with Crippen molar-refractivity contribution in [1.82, 2.24) is 4.72 Å². The van der Waals surface area contributed by atoms with E-state index in [9.17, 15) is 13.2 Å². The van der Waals surface area contributed by atoms with Crippen molar-refractivity contribution in [3.05, 3.63) is 0 Å². The van der Waals surface area contributed by atoms with Gasteiger partial charge in [-0.3, -0.25) is 4.79 Å². The van der Waals surface area contributed by atoms with Gasteiger partial charge in [0, 0.05) is 10.9 Å². The number of esters is 1. The highest BCUT2D eigenvalue weighted by molar-refractivity contribution is 9.09. The van der Waals surface area contributed by atoms with Crippen molar-refractivity contribution in [2.75, 3.05) is 12.9 Å². The number of carbonyl (C=O) groups is 1. The minimum Gasteiger partial charge on any atom is -0.469 e. The maximum Gasteiger partial charge on any atom is 0.306 e. The summed E-state index contributed by atoms with van der Waals surface area (Å²) in [5, 5.41) is 0. The molecule has 0 amide bonds. The molecule has 5 nitrogen and oxygen atoms in total. The first kappa shape index (κ1) is 13.9. The highest BCUT2D eigenvalue weighted by Gasteiger charge is 2.28. The molecule has 1 aliphatic rings. The first-order valence-electron chi connectivity index (χ1n) is 5.15. The van der Waals surface area contributed by atoms with Gasteiger partial charge in [-0.1, -0.05) is 22.4 Å². The van der Waals surface area contributed by atoms with Crippen LogP contribution >= 0.6 is 15.9 Å². The smallest absolute Gasteiger partial charge is 0.306 e. The third-order valence-electron chi connectivity index (χ3n) is 2.57. The first-order valence-corrected chi connectivity index (χ1v) is 7.72. The molecule has 2 unspecified atom stereocenters. The second-order valence-corrected chi connectivity index (χ2v) is 6.87. The Balaban J connectivity index is 2.42. The fraction of sp³-hybridized carbons (Fsp3) is 0.889. The fourth-order valence-corrected chi connectivity index (χ4v) is 3.85. The Hall–Kier alpha value is -0.140. The van der Waals surface area contributed by atoms with Crippen LogP contribution < -0.4 is 4.72 Å². The number of methoxy groups -OCH3 is 1. The third-order valence-corrected chi connectivity index (χ3v) is 5.06. The number of hydrogen-bond donors (Lipinski definition) is 1. The highest BCUT2D eigenvalue weighted by atomic mass is 79.9. The Kier molecular flexibility index (Phi) is 5.20. The van der Waals surface area contributed by atoms with Crippen molar-refractivity contribution in [3.63, 3.8) is 0 Å². The molecular formula is C9H16BrNO4S. The second-order valence-electron chi connectivity index (χ2n) is 3.82. The summed E-state index contributed by atoms with van der Waals surface area (Å²) in [6.45, 7) is 0. The number of hydrogen-bond acceptors (Lipinski definition) is 4. The van der Waals surface area contributed by atoms with E-state index in [1.54, 1.807) is 0 Å². The standard InChI is InChI=1S/C9H16BrNO4S/c1-15-9(12)5-6-16(13,14)11-8-4-2-3-7(8)10/h7-8,11H,2-6H2,1H3. The molecule has 0 bridgehead atoms. The zero-order valence-electron chi connectivity index (χ0n) is 9.11. The van der Waals surface area contributed by atoms with Gasteiger partial charge in [-0.2, -0.15) is 0 Å². The van der Waals surface area contributed by atoms with Crippen LogP contribution in [0, 0.1) is 0 Å². The highest BCUT2D eigenvalue weighted by Crippen LogP contribution is 2.26. The Morgan fingerprint density at radius 1 is 1.50 bits per heavy atom. The van der Waals surface area contributed by atoms with E-state index in [1.165, 1.54) is 7.11 Å². The van der Waals surface area contributed by atoms with E-state index in [0.717, 1.165) is 19.3 Å². The number of ether oxygens (including phenoxy) is 1. The van der Waals surface area contributed by atoms with E-state index < -0.39 is 16.0 Å². The monoisotopic (exact) mass is 313 g/mol. The van der Waals surface area contributed by atoms with Gasteiger partial charge < -0.3 is 4.74 Å². The number of carbonyl (C=O) groups excluding carboxylic acids is 1. The molecule has 0 spiro atoms.